The fourth-order valence-electron chi connectivity index (χ4n) is 3.15. The number of aliphatic hydroxyl groups excluding tert-OH is 1. The molecule has 29 heavy (non-hydrogen) atoms. The zero-order valence-corrected chi connectivity index (χ0v) is 15.9. The van der Waals surface area contributed by atoms with E-state index in [4.69, 9.17) is 4.74 Å². The van der Waals surface area contributed by atoms with Crippen LogP contribution in [-0.2, 0) is 4.79 Å². The minimum Gasteiger partial charge on any atom is -0.496 e. The number of hydrogen-bond donors (Lipinski definition) is 3. The molecule has 3 N–H and O–H groups in total. The lowest BCUT2D eigenvalue weighted by atomic mass is 10.0. The number of methoxy groups -OCH3 is 1. The zero-order chi connectivity index (χ0) is 20.4. The van der Waals surface area contributed by atoms with Gasteiger partial charge in [-0.25, -0.2) is 15.0 Å². The quantitative estimate of drug-likeness (QED) is 0.483. The number of carbonyl (C=O) groups is 1. The summed E-state index contributed by atoms with van der Waals surface area (Å²) in [7, 11) is 3.08. The molecule has 1 amide bonds. The maximum absolute atomic E-state index is 11.7. The van der Waals surface area contributed by atoms with Crippen LogP contribution < -0.4 is 10.1 Å². The molecule has 0 saturated carbocycles. The van der Waals surface area contributed by atoms with Crippen molar-refractivity contribution in [2.45, 2.75) is 6.10 Å². The summed E-state index contributed by atoms with van der Waals surface area (Å²) in [6.07, 6.45) is 3.64. The number of H-pyrrole nitrogens is 1. The molecular formula is C21H19N5O3. The molecule has 8 heteroatoms. The van der Waals surface area contributed by atoms with Gasteiger partial charge in [0.2, 0.25) is 0 Å². The number of nitrogens with one attached hydrogen (secondary N) is 2. The van der Waals surface area contributed by atoms with Crippen LogP contribution in [0.2, 0.25) is 0 Å². The topological polar surface area (TPSA) is 113 Å². The highest BCUT2D eigenvalue weighted by molar-refractivity contribution is 5.97. The third-order valence-electron chi connectivity index (χ3n) is 4.64. The van der Waals surface area contributed by atoms with Gasteiger partial charge >= 0.3 is 0 Å². The van der Waals surface area contributed by atoms with Gasteiger partial charge < -0.3 is 20.1 Å². The van der Waals surface area contributed by atoms with Crippen LogP contribution in [0.3, 0.4) is 0 Å². The van der Waals surface area contributed by atoms with Gasteiger partial charge in [0.05, 0.1) is 12.8 Å². The molecular weight excluding hydrogens is 370 g/mol. The zero-order valence-electron chi connectivity index (χ0n) is 15.9. The fourth-order valence-corrected chi connectivity index (χ4v) is 3.15. The summed E-state index contributed by atoms with van der Waals surface area (Å²) < 4.78 is 5.49. The summed E-state index contributed by atoms with van der Waals surface area (Å²) in [6.45, 7) is 0. The number of aromatic nitrogens is 4. The molecule has 1 aromatic carbocycles. The van der Waals surface area contributed by atoms with Crippen molar-refractivity contribution in [3.8, 4) is 28.1 Å². The Labute approximate surface area is 166 Å². The molecule has 0 aliphatic rings. The van der Waals surface area contributed by atoms with Crippen molar-refractivity contribution < 1.29 is 14.6 Å². The molecule has 0 bridgehead atoms. The first kappa shape index (κ1) is 18.6. The van der Waals surface area contributed by atoms with Crippen molar-refractivity contribution in [1.29, 1.82) is 0 Å². The normalized spacial score (nSPS) is 12.0. The van der Waals surface area contributed by atoms with E-state index in [1.54, 1.807) is 19.4 Å². The number of hydrogen-bond acceptors (Lipinski definition) is 6. The van der Waals surface area contributed by atoms with Crippen molar-refractivity contribution in [2.24, 2.45) is 0 Å². The predicted octanol–water partition coefficient (Wildman–Crippen LogP) is 2.47. The van der Waals surface area contributed by atoms with Crippen molar-refractivity contribution >= 4 is 16.9 Å². The monoisotopic (exact) mass is 389 g/mol. The SMILES string of the molecule is CNC(=O)C(O)c1nccc(-c2cnc3[nH]cc(-c4ccccc4OC)c3c2)n1. The standard InChI is InChI=1S/C21H19N5O3/c1-22-21(28)18(27)20-23-8-7-16(26-20)12-9-14-15(11-25-19(14)24-10-12)13-5-3-4-6-17(13)29-2/h3-11,18,27H,1-2H3,(H,22,28)(H,24,25). The van der Waals surface area contributed by atoms with Gasteiger partial charge in [0, 0.05) is 47.7 Å². The molecule has 0 aliphatic heterocycles. The summed E-state index contributed by atoms with van der Waals surface area (Å²) in [5.74, 6) is 0.220. The molecule has 3 heterocycles. The number of para-hydroxylation sites is 1. The van der Waals surface area contributed by atoms with Crippen LogP contribution in [0.1, 0.15) is 11.9 Å². The van der Waals surface area contributed by atoms with Crippen molar-refractivity contribution in [3.63, 3.8) is 0 Å². The molecule has 4 rings (SSSR count). The molecule has 146 valence electrons. The molecule has 1 atom stereocenters. The van der Waals surface area contributed by atoms with Gasteiger partial charge in [-0.05, 0) is 18.2 Å². The Balaban J connectivity index is 1.80. The lowest BCUT2D eigenvalue weighted by molar-refractivity contribution is -0.129. The second-order valence-corrected chi connectivity index (χ2v) is 6.34. The van der Waals surface area contributed by atoms with E-state index in [-0.39, 0.29) is 5.82 Å². The Kier molecular flexibility index (Phi) is 4.92. The molecule has 0 radical (unpaired) electrons. The van der Waals surface area contributed by atoms with Gasteiger partial charge in [0.25, 0.3) is 5.91 Å². The number of aromatic amines is 1. The fraction of sp³-hybridized carbons (Fsp3) is 0.143. The van der Waals surface area contributed by atoms with E-state index in [0.717, 1.165) is 33.5 Å². The maximum Gasteiger partial charge on any atom is 0.256 e. The summed E-state index contributed by atoms with van der Waals surface area (Å²) >= 11 is 0. The van der Waals surface area contributed by atoms with Crippen molar-refractivity contribution in [3.05, 3.63) is 60.8 Å². The second-order valence-electron chi connectivity index (χ2n) is 6.34. The smallest absolute Gasteiger partial charge is 0.256 e. The number of likely N-dealkylation sites (N-methyl/N-ethyl adjacent to an activating group) is 1. The largest absolute Gasteiger partial charge is 0.496 e. The molecule has 0 spiro atoms. The Morgan fingerprint density at radius 3 is 2.83 bits per heavy atom. The first-order valence-electron chi connectivity index (χ1n) is 8.96. The van der Waals surface area contributed by atoms with Crippen LogP contribution in [0, 0.1) is 0 Å². The number of rotatable bonds is 5. The molecule has 0 fully saturated rings. The molecule has 1 unspecified atom stereocenters. The van der Waals surface area contributed by atoms with Crippen LogP contribution >= 0.6 is 0 Å². The van der Waals surface area contributed by atoms with E-state index in [1.807, 2.05) is 36.5 Å². The van der Waals surface area contributed by atoms with E-state index >= 15 is 0 Å². The predicted molar refractivity (Wildman–Crippen MR) is 108 cm³/mol. The molecule has 0 saturated heterocycles. The third-order valence-corrected chi connectivity index (χ3v) is 4.64. The van der Waals surface area contributed by atoms with Gasteiger partial charge in [-0.15, -0.1) is 0 Å². The van der Waals surface area contributed by atoms with E-state index in [2.05, 4.69) is 25.3 Å². The number of benzene rings is 1. The average Bonchev–Trinajstić information content (AvgIpc) is 3.21. The van der Waals surface area contributed by atoms with Crippen LogP contribution in [-0.4, -0.2) is 45.1 Å². The van der Waals surface area contributed by atoms with E-state index < -0.39 is 12.0 Å². The van der Waals surface area contributed by atoms with E-state index in [1.165, 1.54) is 13.2 Å². The Morgan fingerprint density at radius 1 is 1.21 bits per heavy atom. The van der Waals surface area contributed by atoms with Crippen LogP contribution in [0.15, 0.2) is 55.0 Å². The number of fused-ring (bicyclic) bond motifs is 1. The maximum atomic E-state index is 11.7. The molecule has 4 aromatic rings. The molecule has 0 aliphatic carbocycles. The highest BCUT2D eigenvalue weighted by Gasteiger charge is 2.20. The minimum absolute atomic E-state index is 0.0287. The Bertz CT molecular complexity index is 1190. The molecule has 8 nitrogen and oxygen atoms in total. The highest BCUT2D eigenvalue weighted by atomic mass is 16.5. The van der Waals surface area contributed by atoms with Crippen molar-refractivity contribution in [2.75, 3.05) is 14.2 Å². The number of pyridine rings is 1. The number of ether oxygens (including phenoxy) is 1. The summed E-state index contributed by atoms with van der Waals surface area (Å²) in [5, 5.41) is 13.4. The van der Waals surface area contributed by atoms with Crippen LogP contribution in [0.5, 0.6) is 5.75 Å². The summed E-state index contributed by atoms with van der Waals surface area (Å²) in [5.41, 5.74) is 3.92. The summed E-state index contributed by atoms with van der Waals surface area (Å²) in [6, 6.07) is 11.4. The minimum atomic E-state index is -1.44. The number of aliphatic hydroxyl groups is 1. The number of carbonyl (C=O) groups excluding carboxylic acids is 1. The van der Waals surface area contributed by atoms with E-state index in [9.17, 15) is 9.90 Å². The lowest BCUT2D eigenvalue weighted by Gasteiger charge is -2.09. The first-order chi connectivity index (χ1) is 14.1. The van der Waals surface area contributed by atoms with Gasteiger partial charge in [0.1, 0.15) is 11.4 Å². The van der Waals surface area contributed by atoms with Crippen LogP contribution in [0.4, 0.5) is 0 Å². The number of nitrogens with zero attached hydrogens (tertiary/aromatic N) is 3. The second kappa shape index (κ2) is 7.69. The van der Waals surface area contributed by atoms with E-state index in [0.29, 0.717) is 5.69 Å². The van der Waals surface area contributed by atoms with Crippen molar-refractivity contribution in [1.82, 2.24) is 25.3 Å². The summed E-state index contributed by atoms with van der Waals surface area (Å²) in [4.78, 5) is 27.7. The van der Waals surface area contributed by atoms with Gasteiger partial charge in [-0.2, -0.15) is 0 Å². The first-order valence-corrected chi connectivity index (χ1v) is 8.96. The third kappa shape index (κ3) is 3.41. The molecule has 3 aromatic heterocycles. The van der Waals surface area contributed by atoms with Gasteiger partial charge in [-0.1, -0.05) is 18.2 Å². The highest BCUT2D eigenvalue weighted by Crippen LogP contribution is 2.35. The Hall–Kier alpha value is -3.78. The van der Waals surface area contributed by atoms with Gasteiger partial charge in [0.15, 0.2) is 11.9 Å². The van der Waals surface area contributed by atoms with Crippen LogP contribution in [0.25, 0.3) is 33.4 Å². The van der Waals surface area contributed by atoms with Gasteiger partial charge in [-0.3, -0.25) is 4.79 Å². The number of amides is 1. The average molecular weight is 389 g/mol. The Morgan fingerprint density at radius 2 is 2.03 bits per heavy atom. The lowest BCUT2D eigenvalue weighted by Crippen LogP contribution is -2.26.